The van der Waals surface area contributed by atoms with Crippen LogP contribution in [0.5, 0.6) is 0 Å². The molecule has 2 aromatic rings. The van der Waals surface area contributed by atoms with Crippen molar-refractivity contribution in [3.63, 3.8) is 0 Å². The number of ether oxygens (including phenoxy) is 1. The molecule has 1 aliphatic rings. The molecule has 0 amide bonds. The Hall–Kier alpha value is -2.44. The van der Waals surface area contributed by atoms with Gasteiger partial charge < -0.3 is 4.74 Å². The van der Waals surface area contributed by atoms with Crippen LogP contribution in [0.25, 0.3) is 0 Å². The normalized spacial score (nSPS) is 20.6. The Labute approximate surface area is 134 Å². The first kappa shape index (κ1) is 15.5. The highest BCUT2D eigenvalue weighted by atomic mass is 16.5. The van der Waals surface area contributed by atoms with Crippen molar-refractivity contribution in [3.8, 4) is 0 Å². The lowest BCUT2D eigenvalue weighted by molar-refractivity contribution is -0.153. The molecule has 1 N–H and O–H groups in total. The van der Waals surface area contributed by atoms with Crippen LogP contribution < -0.4 is 0 Å². The monoisotopic (exact) mass is 315 g/mol. The summed E-state index contributed by atoms with van der Waals surface area (Å²) in [7, 11) is 1.45. The van der Waals surface area contributed by atoms with Gasteiger partial charge in [-0.05, 0) is 31.2 Å². The van der Waals surface area contributed by atoms with E-state index in [-0.39, 0.29) is 5.97 Å². The van der Waals surface area contributed by atoms with E-state index >= 15 is 0 Å². The molecular formula is C16H21N5O2. The number of rotatable bonds is 6. The third-order valence-electron chi connectivity index (χ3n) is 4.37. The fourth-order valence-electron chi connectivity index (χ4n) is 3.06. The molecule has 0 saturated heterocycles. The highest BCUT2D eigenvalue weighted by molar-refractivity contribution is 5.77. The van der Waals surface area contributed by atoms with Crippen LogP contribution in [0.2, 0.25) is 0 Å². The Balaban J connectivity index is 1.66. The molecule has 0 saturated carbocycles. The first-order valence-electron chi connectivity index (χ1n) is 7.82. The van der Waals surface area contributed by atoms with E-state index in [4.69, 9.17) is 4.74 Å². The number of H-pyrrole nitrogens is 1. The standard InChI is InChI=1S/C16H21N5O2/c1-23-15(22)16(6-3-2-4-7-16)9-14-12-21(20-19-14)8-5-13-10-17-18-11-13/h2-3,10-12H,4-9H2,1H3,(H,17,18). The van der Waals surface area contributed by atoms with Gasteiger partial charge in [0.25, 0.3) is 0 Å². The predicted molar refractivity (Wildman–Crippen MR) is 83.5 cm³/mol. The molecule has 0 bridgehead atoms. The van der Waals surface area contributed by atoms with Gasteiger partial charge in [0.05, 0.1) is 24.4 Å². The van der Waals surface area contributed by atoms with E-state index in [9.17, 15) is 4.79 Å². The summed E-state index contributed by atoms with van der Waals surface area (Å²) in [5.74, 6) is -0.158. The van der Waals surface area contributed by atoms with Gasteiger partial charge in [0.1, 0.15) is 0 Å². The number of nitrogens with one attached hydrogen (secondary N) is 1. The van der Waals surface area contributed by atoms with Gasteiger partial charge in [-0.15, -0.1) is 5.10 Å². The van der Waals surface area contributed by atoms with Gasteiger partial charge in [-0.3, -0.25) is 14.6 Å². The van der Waals surface area contributed by atoms with E-state index in [1.54, 1.807) is 6.20 Å². The van der Waals surface area contributed by atoms with Gasteiger partial charge in [-0.2, -0.15) is 5.10 Å². The molecule has 23 heavy (non-hydrogen) atoms. The molecule has 0 aromatic carbocycles. The van der Waals surface area contributed by atoms with Crippen molar-refractivity contribution in [2.24, 2.45) is 5.41 Å². The summed E-state index contributed by atoms with van der Waals surface area (Å²) in [6.07, 6.45) is 13.6. The minimum absolute atomic E-state index is 0.158. The molecule has 0 aliphatic heterocycles. The van der Waals surface area contributed by atoms with E-state index in [2.05, 4.69) is 32.7 Å². The van der Waals surface area contributed by atoms with Crippen LogP contribution in [-0.4, -0.2) is 38.3 Å². The molecule has 2 heterocycles. The third kappa shape index (κ3) is 3.49. The third-order valence-corrected chi connectivity index (χ3v) is 4.37. The average Bonchev–Trinajstić information content (AvgIpc) is 3.24. The minimum atomic E-state index is -0.505. The lowest BCUT2D eigenvalue weighted by atomic mass is 9.74. The molecule has 1 atom stereocenters. The van der Waals surface area contributed by atoms with Crippen LogP contribution in [0, 0.1) is 5.41 Å². The van der Waals surface area contributed by atoms with Crippen molar-refractivity contribution < 1.29 is 9.53 Å². The maximum atomic E-state index is 12.3. The Morgan fingerprint density at radius 3 is 3.09 bits per heavy atom. The Morgan fingerprint density at radius 1 is 1.48 bits per heavy atom. The Morgan fingerprint density at radius 2 is 2.39 bits per heavy atom. The zero-order valence-electron chi connectivity index (χ0n) is 13.2. The van der Waals surface area contributed by atoms with Crippen LogP contribution in [0.4, 0.5) is 0 Å². The van der Waals surface area contributed by atoms with Gasteiger partial charge in [-0.1, -0.05) is 17.4 Å². The summed E-state index contributed by atoms with van der Waals surface area (Å²) in [4.78, 5) is 12.3. The van der Waals surface area contributed by atoms with Gasteiger partial charge in [0, 0.05) is 25.4 Å². The number of methoxy groups -OCH3 is 1. The molecule has 0 radical (unpaired) electrons. The summed E-state index contributed by atoms with van der Waals surface area (Å²) < 4.78 is 6.84. The largest absolute Gasteiger partial charge is 0.469 e. The van der Waals surface area contributed by atoms with Crippen LogP contribution in [0.3, 0.4) is 0 Å². The predicted octanol–water partition coefficient (Wildman–Crippen LogP) is 1.69. The SMILES string of the molecule is COC(=O)C1(Cc2cn(CCc3cn[nH]c3)nn2)CC=CCC1. The van der Waals surface area contributed by atoms with Crippen LogP contribution in [0.1, 0.15) is 30.5 Å². The summed E-state index contributed by atoms with van der Waals surface area (Å²) in [5, 5.41) is 15.1. The van der Waals surface area contributed by atoms with Crippen molar-refractivity contribution in [3.05, 3.63) is 42.0 Å². The maximum Gasteiger partial charge on any atom is 0.312 e. The second-order valence-electron chi connectivity index (χ2n) is 5.99. The van der Waals surface area contributed by atoms with Gasteiger partial charge in [0.2, 0.25) is 0 Å². The fourth-order valence-corrected chi connectivity index (χ4v) is 3.06. The number of hydrogen-bond donors (Lipinski definition) is 1. The number of esters is 1. The summed E-state index contributed by atoms with van der Waals surface area (Å²) >= 11 is 0. The molecular weight excluding hydrogens is 294 g/mol. The Bertz CT molecular complexity index is 676. The van der Waals surface area contributed by atoms with Crippen LogP contribution >= 0.6 is 0 Å². The summed E-state index contributed by atoms with van der Waals surface area (Å²) in [6.45, 7) is 0.734. The minimum Gasteiger partial charge on any atom is -0.469 e. The molecule has 2 aromatic heterocycles. The highest BCUT2D eigenvalue weighted by Gasteiger charge is 2.40. The average molecular weight is 315 g/mol. The van der Waals surface area contributed by atoms with Crippen LogP contribution in [0.15, 0.2) is 30.7 Å². The van der Waals surface area contributed by atoms with E-state index in [1.165, 1.54) is 7.11 Å². The zero-order chi connectivity index (χ0) is 16.1. The Kier molecular flexibility index (Phi) is 4.55. The molecule has 1 aliphatic carbocycles. The quantitative estimate of drug-likeness (QED) is 0.647. The number of hydrogen-bond acceptors (Lipinski definition) is 5. The van der Waals surface area contributed by atoms with E-state index in [1.807, 2.05) is 17.1 Å². The zero-order valence-corrected chi connectivity index (χ0v) is 13.2. The first-order chi connectivity index (χ1) is 11.2. The lowest BCUT2D eigenvalue weighted by Crippen LogP contribution is -2.35. The number of aryl methyl sites for hydroxylation is 2. The number of allylic oxidation sites excluding steroid dienone is 2. The van der Waals surface area contributed by atoms with Crippen molar-refractivity contribution >= 4 is 5.97 Å². The maximum absolute atomic E-state index is 12.3. The summed E-state index contributed by atoms with van der Waals surface area (Å²) in [6, 6.07) is 0. The number of aromatic nitrogens is 5. The smallest absolute Gasteiger partial charge is 0.312 e. The molecule has 3 rings (SSSR count). The van der Waals surface area contributed by atoms with Crippen molar-refractivity contribution in [2.75, 3.05) is 7.11 Å². The van der Waals surface area contributed by atoms with Gasteiger partial charge in [0.15, 0.2) is 0 Å². The molecule has 1 unspecified atom stereocenters. The number of carbonyl (C=O) groups excluding carboxylic acids is 1. The van der Waals surface area contributed by atoms with E-state index in [0.29, 0.717) is 12.8 Å². The van der Waals surface area contributed by atoms with Crippen LogP contribution in [-0.2, 0) is 28.9 Å². The molecule has 0 fully saturated rings. The lowest BCUT2D eigenvalue weighted by Gasteiger charge is -2.31. The van der Waals surface area contributed by atoms with Crippen molar-refractivity contribution in [1.29, 1.82) is 0 Å². The van der Waals surface area contributed by atoms with Crippen molar-refractivity contribution in [2.45, 2.75) is 38.6 Å². The second-order valence-corrected chi connectivity index (χ2v) is 5.99. The number of carbonyl (C=O) groups is 1. The first-order valence-corrected chi connectivity index (χ1v) is 7.82. The topological polar surface area (TPSA) is 85.7 Å². The molecule has 7 heteroatoms. The molecule has 7 nitrogen and oxygen atoms in total. The highest BCUT2D eigenvalue weighted by Crippen LogP contribution is 2.37. The number of aromatic amines is 1. The second kappa shape index (κ2) is 6.76. The fraction of sp³-hybridized carbons (Fsp3) is 0.500. The van der Waals surface area contributed by atoms with E-state index in [0.717, 1.165) is 37.1 Å². The van der Waals surface area contributed by atoms with Gasteiger partial charge in [-0.25, -0.2) is 0 Å². The number of nitrogens with zero attached hydrogens (tertiary/aromatic N) is 4. The van der Waals surface area contributed by atoms with Gasteiger partial charge >= 0.3 is 5.97 Å². The summed E-state index contributed by atoms with van der Waals surface area (Å²) in [5.41, 5.74) is 1.46. The molecule has 122 valence electrons. The molecule has 0 spiro atoms. The van der Waals surface area contributed by atoms with Crippen molar-refractivity contribution in [1.82, 2.24) is 25.2 Å². The van der Waals surface area contributed by atoms with E-state index < -0.39 is 5.41 Å².